The summed E-state index contributed by atoms with van der Waals surface area (Å²) in [5.74, 6) is -1.50. The van der Waals surface area contributed by atoms with E-state index in [1.807, 2.05) is 12.1 Å². The fourth-order valence-electron chi connectivity index (χ4n) is 2.27. The molecule has 0 aliphatic carbocycles. The number of carbonyl (C=O) groups is 2. The van der Waals surface area contributed by atoms with Gasteiger partial charge in [-0.2, -0.15) is 0 Å². The number of carbonyl (C=O) groups excluding carboxylic acids is 1. The number of carboxylic acids is 1. The van der Waals surface area contributed by atoms with E-state index in [0.29, 0.717) is 16.8 Å². The third-order valence-corrected chi connectivity index (χ3v) is 3.67. The van der Waals surface area contributed by atoms with E-state index < -0.39 is 5.97 Å². The fourth-order valence-corrected chi connectivity index (χ4v) is 2.47. The van der Waals surface area contributed by atoms with Crippen LogP contribution in [0.25, 0.3) is 10.9 Å². The number of aromatic nitrogens is 1. The number of amides is 1. The summed E-state index contributed by atoms with van der Waals surface area (Å²) in [7, 11) is 0. The van der Waals surface area contributed by atoms with Crippen LogP contribution in [0.1, 0.15) is 20.7 Å². The van der Waals surface area contributed by atoms with Gasteiger partial charge < -0.3 is 10.4 Å². The normalized spacial score (nSPS) is 10.5. The predicted octanol–water partition coefficient (Wildman–Crippen LogP) is 3.84. The lowest BCUT2D eigenvalue weighted by atomic mass is 10.1. The van der Waals surface area contributed by atoms with E-state index in [9.17, 15) is 9.59 Å². The second-order valence-electron chi connectivity index (χ2n) is 4.83. The number of benzene rings is 2. The summed E-state index contributed by atoms with van der Waals surface area (Å²) in [6.07, 6.45) is 1.66. The van der Waals surface area contributed by atoms with Gasteiger partial charge >= 0.3 is 5.97 Å². The number of halogens is 1. The molecular weight excluding hydrogens is 316 g/mol. The van der Waals surface area contributed by atoms with Crippen LogP contribution >= 0.6 is 11.6 Å². The largest absolute Gasteiger partial charge is 0.478 e. The van der Waals surface area contributed by atoms with E-state index in [2.05, 4.69) is 10.3 Å². The molecule has 114 valence electrons. The van der Waals surface area contributed by atoms with Gasteiger partial charge in [-0.05, 0) is 36.4 Å². The molecule has 0 bridgehead atoms. The Hall–Kier alpha value is -2.92. The number of fused-ring (bicyclic) bond motifs is 1. The number of hydrogen-bond donors (Lipinski definition) is 2. The summed E-state index contributed by atoms with van der Waals surface area (Å²) >= 11 is 5.82. The van der Waals surface area contributed by atoms with Gasteiger partial charge in [0.2, 0.25) is 0 Å². The van der Waals surface area contributed by atoms with Crippen LogP contribution in [0.5, 0.6) is 0 Å². The van der Waals surface area contributed by atoms with Crippen molar-refractivity contribution in [2.45, 2.75) is 0 Å². The van der Waals surface area contributed by atoms with Gasteiger partial charge in [0, 0.05) is 22.8 Å². The Bertz CT molecular complexity index is 919. The van der Waals surface area contributed by atoms with Gasteiger partial charge in [-0.3, -0.25) is 9.78 Å². The molecule has 5 nitrogen and oxygen atoms in total. The zero-order valence-corrected chi connectivity index (χ0v) is 12.5. The Labute approximate surface area is 136 Å². The minimum Gasteiger partial charge on any atom is -0.478 e. The number of rotatable bonds is 3. The van der Waals surface area contributed by atoms with Crippen molar-refractivity contribution in [3.8, 4) is 0 Å². The van der Waals surface area contributed by atoms with Crippen molar-refractivity contribution < 1.29 is 14.7 Å². The van der Waals surface area contributed by atoms with E-state index in [4.69, 9.17) is 16.7 Å². The summed E-state index contributed by atoms with van der Waals surface area (Å²) in [6.45, 7) is 0. The van der Waals surface area contributed by atoms with Crippen LogP contribution in [-0.4, -0.2) is 22.0 Å². The van der Waals surface area contributed by atoms with Crippen LogP contribution in [0.15, 0.2) is 54.7 Å². The molecule has 2 N–H and O–H groups in total. The molecule has 3 aromatic rings. The molecule has 0 aliphatic rings. The second kappa shape index (κ2) is 6.06. The molecule has 0 saturated heterocycles. The van der Waals surface area contributed by atoms with E-state index >= 15 is 0 Å². The monoisotopic (exact) mass is 326 g/mol. The highest BCUT2D eigenvalue weighted by molar-refractivity contribution is 6.33. The van der Waals surface area contributed by atoms with Crippen molar-refractivity contribution in [1.29, 1.82) is 0 Å². The van der Waals surface area contributed by atoms with Crippen molar-refractivity contribution in [3.05, 3.63) is 70.9 Å². The lowest BCUT2D eigenvalue weighted by Gasteiger charge is -2.09. The van der Waals surface area contributed by atoms with Crippen LogP contribution in [0.4, 0.5) is 5.69 Å². The van der Waals surface area contributed by atoms with Crippen LogP contribution in [-0.2, 0) is 0 Å². The number of carboxylic acid groups (broad SMARTS) is 1. The first kappa shape index (κ1) is 15.0. The molecule has 6 heteroatoms. The van der Waals surface area contributed by atoms with Gasteiger partial charge in [-0.15, -0.1) is 0 Å². The van der Waals surface area contributed by atoms with Crippen molar-refractivity contribution in [3.63, 3.8) is 0 Å². The zero-order chi connectivity index (χ0) is 16.4. The molecule has 1 amide bonds. The van der Waals surface area contributed by atoms with Gasteiger partial charge in [-0.25, -0.2) is 4.79 Å². The Morgan fingerprint density at radius 1 is 1.04 bits per heavy atom. The summed E-state index contributed by atoms with van der Waals surface area (Å²) in [6, 6.07) is 13.1. The minimum atomic E-state index is -1.15. The molecule has 1 heterocycles. The van der Waals surface area contributed by atoms with Crippen molar-refractivity contribution >= 4 is 40.1 Å². The molecule has 23 heavy (non-hydrogen) atoms. The minimum absolute atomic E-state index is 0.0657. The lowest BCUT2D eigenvalue weighted by Crippen LogP contribution is -2.13. The maximum absolute atomic E-state index is 12.5. The van der Waals surface area contributed by atoms with E-state index in [0.717, 1.165) is 5.39 Å². The Kier molecular flexibility index (Phi) is 3.95. The fraction of sp³-hybridized carbons (Fsp3) is 0. The first-order valence-electron chi connectivity index (χ1n) is 6.74. The number of nitrogens with zero attached hydrogens (tertiary/aromatic N) is 1. The van der Waals surface area contributed by atoms with Gasteiger partial charge in [0.15, 0.2) is 0 Å². The average Bonchev–Trinajstić information content (AvgIpc) is 2.55. The zero-order valence-electron chi connectivity index (χ0n) is 11.8. The van der Waals surface area contributed by atoms with Gasteiger partial charge in [-0.1, -0.05) is 23.7 Å². The molecule has 1 aromatic heterocycles. The highest BCUT2D eigenvalue weighted by atomic mass is 35.5. The topological polar surface area (TPSA) is 79.3 Å². The number of nitrogens with one attached hydrogen (secondary N) is 1. The van der Waals surface area contributed by atoms with Crippen LogP contribution in [0.3, 0.4) is 0 Å². The Balaban J connectivity index is 1.95. The summed E-state index contributed by atoms with van der Waals surface area (Å²) in [4.78, 5) is 27.8. The molecule has 0 saturated carbocycles. The Morgan fingerprint density at radius 3 is 2.65 bits per heavy atom. The number of aromatic carboxylic acids is 1. The van der Waals surface area contributed by atoms with E-state index in [1.165, 1.54) is 12.1 Å². The number of anilines is 1. The smallest absolute Gasteiger partial charge is 0.337 e. The standard InChI is InChI=1S/C17H11ClN2O3/c18-14-7-6-10(9-13(14)17(22)23)20-16(21)12-3-1-5-15-11(12)4-2-8-19-15/h1-9H,(H,20,21)(H,22,23). The van der Waals surface area contributed by atoms with Gasteiger partial charge in [0.25, 0.3) is 5.91 Å². The molecule has 2 aromatic carbocycles. The van der Waals surface area contributed by atoms with Crippen LogP contribution in [0.2, 0.25) is 5.02 Å². The maximum Gasteiger partial charge on any atom is 0.337 e. The van der Waals surface area contributed by atoms with Gasteiger partial charge in [0.1, 0.15) is 0 Å². The predicted molar refractivity (Wildman–Crippen MR) is 88.1 cm³/mol. The third-order valence-electron chi connectivity index (χ3n) is 3.34. The molecule has 0 fully saturated rings. The maximum atomic E-state index is 12.5. The van der Waals surface area contributed by atoms with Crippen molar-refractivity contribution in [2.75, 3.05) is 5.32 Å². The number of hydrogen-bond acceptors (Lipinski definition) is 3. The van der Waals surface area contributed by atoms with Gasteiger partial charge in [0.05, 0.1) is 16.1 Å². The third kappa shape index (κ3) is 3.00. The molecule has 0 radical (unpaired) electrons. The molecule has 0 spiro atoms. The second-order valence-corrected chi connectivity index (χ2v) is 5.24. The molecule has 0 aliphatic heterocycles. The molecule has 3 rings (SSSR count). The summed E-state index contributed by atoms with van der Waals surface area (Å²) in [5.41, 5.74) is 1.46. The highest BCUT2D eigenvalue weighted by Gasteiger charge is 2.13. The van der Waals surface area contributed by atoms with E-state index in [-0.39, 0.29) is 16.5 Å². The molecular formula is C17H11ClN2O3. The summed E-state index contributed by atoms with van der Waals surface area (Å²) in [5, 5.41) is 12.6. The number of pyridine rings is 1. The van der Waals surface area contributed by atoms with Crippen molar-refractivity contribution in [2.24, 2.45) is 0 Å². The van der Waals surface area contributed by atoms with Crippen molar-refractivity contribution in [1.82, 2.24) is 4.98 Å². The molecule has 0 atom stereocenters. The SMILES string of the molecule is O=C(O)c1cc(NC(=O)c2cccc3ncccc23)ccc1Cl. The first-order chi connectivity index (χ1) is 11.1. The summed E-state index contributed by atoms with van der Waals surface area (Å²) < 4.78 is 0. The van der Waals surface area contributed by atoms with Crippen LogP contribution in [0, 0.1) is 0 Å². The Morgan fingerprint density at radius 2 is 1.87 bits per heavy atom. The lowest BCUT2D eigenvalue weighted by molar-refractivity contribution is 0.0696. The molecule has 0 unspecified atom stereocenters. The quantitative estimate of drug-likeness (QED) is 0.766. The average molecular weight is 327 g/mol. The van der Waals surface area contributed by atoms with Crippen LogP contribution < -0.4 is 5.32 Å². The van der Waals surface area contributed by atoms with E-state index in [1.54, 1.807) is 30.5 Å². The highest BCUT2D eigenvalue weighted by Crippen LogP contribution is 2.22. The first-order valence-corrected chi connectivity index (χ1v) is 7.12.